The molecule has 1 heterocycles. The van der Waals surface area contributed by atoms with Crippen LogP contribution in [0.4, 0.5) is 30.5 Å². The molecule has 0 aliphatic carbocycles. The first-order valence-corrected chi connectivity index (χ1v) is 6.50. The molecule has 0 amide bonds. The van der Waals surface area contributed by atoms with Gasteiger partial charge in [-0.1, -0.05) is 6.92 Å². The zero-order chi connectivity index (χ0) is 15.4. The monoisotopic (exact) mass is 296 g/mol. The van der Waals surface area contributed by atoms with Crippen molar-refractivity contribution in [3.05, 3.63) is 41.5 Å². The summed E-state index contributed by atoms with van der Waals surface area (Å²) in [5.74, 6) is -1.69. The normalized spacial score (nSPS) is 10.5. The van der Waals surface area contributed by atoms with Crippen molar-refractivity contribution >= 4 is 17.3 Å². The van der Waals surface area contributed by atoms with Gasteiger partial charge in [-0.2, -0.15) is 0 Å². The highest BCUT2D eigenvalue weighted by atomic mass is 19.1. The molecule has 0 atom stereocenters. The van der Waals surface area contributed by atoms with Gasteiger partial charge in [0.2, 0.25) is 0 Å². The molecule has 0 saturated heterocycles. The molecule has 112 valence electrons. The molecule has 1 aromatic carbocycles. The summed E-state index contributed by atoms with van der Waals surface area (Å²) in [5, 5.41) is 5.39. The van der Waals surface area contributed by atoms with Crippen molar-refractivity contribution in [2.75, 3.05) is 17.7 Å². The van der Waals surface area contributed by atoms with Gasteiger partial charge in [0.15, 0.2) is 11.6 Å². The van der Waals surface area contributed by atoms with E-state index in [0.717, 1.165) is 6.42 Å². The molecule has 1 aromatic heterocycles. The Labute approximate surface area is 120 Å². The summed E-state index contributed by atoms with van der Waals surface area (Å²) in [6.07, 6.45) is 1.48. The van der Waals surface area contributed by atoms with E-state index in [1.165, 1.54) is 6.07 Å². The van der Waals surface area contributed by atoms with Gasteiger partial charge >= 0.3 is 0 Å². The average molecular weight is 296 g/mol. The molecule has 21 heavy (non-hydrogen) atoms. The first-order valence-electron chi connectivity index (χ1n) is 6.50. The van der Waals surface area contributed by atoms with E-state index >= 15 is 0 Å². The molecule has 7 heteroatoms. The SMILES string of the molecule is CCCc1nc(NC)cc(Nc2c(F)cc(F)cc2F)n1. The number of rotatable bonds is 5. The van der Waals surface area contributed by atoms with E-state index in [4.69, 9.17) is 0 Å². The molecule has 0 unspecified atom stereocenters. The summed E-state index contributed by atoms with van der Waals surface area (Å²) in [6, 6.07) is 2.73. The third-order valence-corrected chi connectivity index (χ3v) is 2.76. The quantitative estimate of drug-likeness (QED) is 0.884. The highest BCUT2D eigenvalue weighted by Gasteiger charge is 2.13. The molecule has 2 rings (SSSR count). The fraction of sp³-hybridized carbons (Fsp3) is 0.286. The van der Waals surface area contributed by atoms with Crippen LogP contribution in [0.3, 0.4) is 0 Å². The largest absolute Gasteiger partial charge is 0.373 e. The number of halogens is 3. The summed E-state index contributed by atoms with van der Waals surface area (Å²) < 4.78 is 40.1. The van der Waals surface area contributed by atoms with Gasteiger partial charge in [-0.15, -0.1) is 0 Å². The molecule has 0 spiro atoms. The second-order valence-electron chi connectivity index (χ2n) is 4.42. The fourth-order valence-corrected chi connectivity index (χ4v) is 1.81. The van der Waals surface area contributed by atoms with Crippen LogP contribution in [0.2, 0.25) is 0 Å². The number of aryl methyl sites for hydroxylation is 1. The van der Waals surface area contributed by atoms with E-state index in [-0.39, 0.29) is 5.82 Å². The highest BCUT2D eigenvalue weighted by molar-refractivity contribution is 5.60. The lowest BCUT2D eigenvalue weighted by atomic mass is 10.2. The molecule has 0 radical (unpaired) electrons. The van der Waals surface area contributed by atoms with Gasteiger partial charge in [0.25, 0.3) is 0 Å². The van der Waals surface area contributed by atoms with Crippen LogP contribution in [0, 0.1) is 17.5 Å². The number of benzene rings is 1. The maximum Gasteiger partial charge on any atom is 0.152 e. The Balaban J connectivity index is 2.37. The van der Waals surface area contributed by atoms with Crippen molar-refractivity contribution < 1.29 is 13.2 Å². The van der Waals surface area contributed by atoms with Gasteiger partial charge in [0.05, 0.1) is 0 Å². The van der Waals surface area contributed by atoms with Gasteiger partial charge in [0, 0.05) is 31.7 Å². The number of nitrogens with zero attached hydrogens (tertiary/aromatic N) is 2. The second-order valence-corrected chi connectivity index (χ2v) is 4.42. The van der Waals surface area contributed by atoms with E-state index in [0.29, 0.717) is 30.2 Å². The van der Waals surface area contributed by atoms with Crippen molar-refractivity contribution in [2.45, 2.75) is 19.8 Å². The number of hydrogen-bond donors (Lipinski definition) is 2. The van der Waals surface area contributed by atoms with Crippen molar-refractivity contribution in [3.63, 3.8) is 0 Å². The molecule has 2 aromatic rings. The van der Waals surface area contributed by atoms with Crippen molar-refractivity contribution in [2.24, 2.45) is 0 Å². The molecule has 0 saturated carbocycles. The second kappa shape index (κ2) is 6.43. The summed E-state index contributed by atoms with van der Waals surface area (Å²) in [4.78, 5) is 8.41. The lowest BCUT2D eigenvalue weighted by Gasteiger charge is -2.11. The van der Waals surface area contributed by atoms with Crippen molar-refractivity contribution in [3.8, 4) is 0 Å². The molecular weight excluding hydrogens is 281 g/mol. The van der Waals surface area contributed by atoms with E-state index in [1.54, 1.807) is 7.05 Å². The van der Waals surface area contributed by atoms with Crippen LogP contribution < -0.4 is 10.6 Å². The molecule has 0 bridgehead atoms. The first-order chi connectivity index (χ1) is 10.0. The van der Waals surface area contributed by atoms with Crippen LogP contribution in [-0.2, 0) is 6.42 Å². The number of nitrogens with one attached hydrogen (secondary N) is 2. The zero-order valence-electron chi connectivity index (χ0n) is 11.7. The Morgan fingerprint density at radius 3 is 2.19 bits per heavy atom. The summed E-state index contributed by atoms with van der Waals surface area (Å²) >= 11 is 0. The Morgan fingerprint density at radius 2 is 1.62 bits per heavy atom. The van der Waals surface area contributed by atoms with E-state index in [1.807, 2.05) is 6.92 Å². The Kier molecular flexibility index (Phi) is 4.62. The zero-order valence-corrected chi connectivity index (χ0v) is 11.7. The predicted octanol–water partition coefficient (Wildman–Crippen LogP) is 3.63. The lowest BCUT2D eigenvalue weighted by Crippen LogP contribution is -2.06. The number of hydrogen-bond acceptors (Lipinski definition) is 4. The maximum absolute atomic E-state index is 13.6. The van der Waals surface area contributed by atoms with E-state index < -0.39 is 23.1 Å². The maximum atomic E-state index is 13.6. The smallest absolute Gasteiger partial charge is 0.152 e. The van der Waals surface area contributed by atoms with Crippen LogP contribution in [0.1, 0.15) is 19.2 Å². The number of aromatic nitrogens is 2. The topological polar surface area (TPSA) is 49.8 Å². The van der Waals surface area contributed by atoms with Gasteiger partial charge in [0.1, 0.15) is 29.0 Å². The summed E-state index contributed by atoms with van der Waals surface area (Å²) in [6.45, 7) is 1.97. The summed E-state index contributed by atoms with van der Waals surface area (Å²) in [7, 11) is 1.68. The molecular formula is C14H15F3N4. The van der Waals surface area contributed by atoms with Crippen molar-refractivity contribution in [1.82, 2.24) is 9.97 Å². The minimum atomic E-state index is -1.02. The van der Waals surface area contributed by atoms with Crippen LogP contribution >= 0.6 is 0 Å². The molecule has 0 aliphatic heterocycles. The number of anilines is 3. The Hall–Kier alpha value is -2.31. The van der Waals surface area contributed by atoms with Gasteiger partial charge < -0.3 is 10.6 Å². The highest BCUT2D eigenvalue weighted by Crippen LogP contribution is 2.24. The minimum absolute atomic E-state index is 0.238. The molecule has 0 aliphatic rings. The minimum Gasteiger partial charge on any atom is -0.373 e. The summed E-state index contributed by atoms with van der Waals surface area (Å²) in [5.41, 5.74) is -0.445. The third kappa shape index (κ3) is 3.62. The Bertz CT molecular complexity index is 623. The first kappa shape index (κ1) is 15.1. The van der Waals surface area contributed by atoms with Crippen LogP contribution in [0.5, 0.6) is 0 Å². The van der Waals surface area contributed by atoms with E-state index in [2.05, 4.69) is 20.6 Å². The third-order valence-electron chi connectivity index (χ3n) is 2.76. The van der Waals surface area contributed by atoms with Crippen molar-refractivity contribution in [1.29, 1.82) is 0 Å². The standard InChI is InChI=1S/C14H15F3N4/c1-3-4-11-19-12(18-2)7-13(20-11)21-14-9(16)5-8(15)6-10(14)17/h5-7H,3-4H2,1-2H3,(H2,18,19,20,21). The van der Waals surface area contributed by atoms with E-state index in [9.17, 15) is 13.2 Å². The fourth-order valence-electron chi connectivity index (χ4n) is 1.81. The average Bonchev–Trinajstić information content (AvgIpc) is 2.43. The van der Waals surface area contributed by atoms with Crippen LogP contribution in [0.15, 0.2) is 18.2 Å². The van der Waals surface area contributed by atoms with Gasteiger partial charge in [-0.05, 0) is 6.42 Å². The van der Waals surface area contributed by atoms with Crippen LogP contribution in [0.25, 0.3) is 0 Å². The predicted molar refractivity (Wildman–Crippen MR) is 75.2 cm³/mol. The molecule has 2 N–H and O–H groups in total. The molecule has 4 nitrogen and oxygen atoms in total. The molecule has 0 fully saturated rings. The Morgan fingerprint density at radius 1 is 1.00 bits per heavy atom. The lowest BCUT2D eigenvalue weighted by molar-refractivity contribution is 0.548. The van der Waals surface area contributed by atoms with Crippen LogP contribution in [-0.4, -0.2) is 17.0 Å². The van der Waals surface area contributed by atoms with Gasteiger partial charge in [-0.25, -0.2) is 23.1 Å². The van der Waals surface area contributed by atoms with Gasteiger partial charge in [-0.3, -0.25) is 0 Å².